The van der Waals surface area contributed by atoms with Crippen LogP contribution in [-0.4, -0.2) is 4.57 Å². The summed E-state index contributed by atoms with van der Waals surface area (Å²) in [7, 11) is 0. The molecule has 0 spiro atoms. The number of benzene rings is 2. The number of pyridine rings is 1. The van der Waals surface area contributed by atoms with Gasteiger partial charge in [-0.25, -0.2) is 4.57 Å². The molecule has 28 heavy (non-hydrogen) atoms. The SMILES string of the molecule is Cc1c(C)[n+]2cccc(OCc3ccccc3)c2n1Cc1ccc(C#N)cc1. The summed E-state index contributed by atoms with van der Waals surface area (Å²) in [5.74, 6) is 0.858. The van der Waals surface area contributed by atoms with Gasteiger partial charge >= 0.3 is 5.65 Å². The van der Waals surface area contributed by atoms with Crippen LogP contribution in [0.1, 0.15) is 28.1 Å². The summed E-state index contributed by atoms with van der Waals surface area (Å²) in [6.45, 7) is 5.51. The van der Waals surface area contributed by atoms with Crippen molar-refractivity contribution in [2.24, 2.45) is 0 Å². The molecule has 4 nitrogen and oxygen atoms in total. The minimum atomic E-state index is 0.528. The Morgan fingerprint density at radius 1 is 0.929 bits per heavy atom. The van der Waals surface area contributed by atoms with Crippen molar-refractivity contribution in [3.63, 3.8) is 0 Å². The van der Waals surface area contributed by atoms with Gasteiger partial charge in [0.25, 0.3) is 0 Å². The first kappa shape index (κ1) is 17.8. The van der Waals surface area contributed by atoms with E-state index in [-0.39, 0.29) is 0 Å². The highest BCUT2D eigenvalue weighted by Gasteiger charge is 2.23. The average Bonchev–Trinajstić information content (AvgIpc) is 2.99. The number of rotatable bonds is 5. The third kappa shape index (κ3) is 3.35. The molecule has 0 N–H and O–H groups in total. The van der Waals surface area contributed by atoms with Gasteiger partial charge in [-0.05, 0) is 35.4 Å². The van der Waals surface area contributed by atoms with Crippen molar-refractivity contribution in [1.82, 2.24) is 4.57 Å². The smallest absolute Gasteiger partial charge is 0.329 e. The minimum absolute atomic E-state index is 0.528. The molecule has 4 aromatic rings. The molecule has 2 aromatic carbocycles. The Kier molecular flexibility index (Phi) is 4.82. The standard InChI is InChI=1S/C24H22N3O/c1-18-19(2)27(16-21-12-10-20(15-25)11-13-21)24-23(9-6-14-26(18)24)28-17-22-7-4-3-5-8-22/h3-14H,16-17H2,1-2H3/q+1. The largest absolute Gasteiger partial charge is 0.481 e. The molecule has 0 atom stereocenters. The molecule has 0 radical (unpaired) electrons. The van der Waals surface area contributed by atoms with Crippen LogP contribution in [0.3, 0.4) is 0 Å². The van der Waals surface area contributed by atoms with E-state index in [1.807, 2.05) is 54.6 Å². The van der Waals surface area contributed by atoms with Crippen LogP contribution in [-0.2, 0) is 13.2 Å². The Labute approximate surface area is 164 Å². The van der Waals surface area contributed by atoms with Crippen molar-refractivity contribution in [2.75, 3.05) is 0 Å². The number of aryl methyl sites for hydroxylation is 1. The van der Waals surface area contributed by atoms with Crippen LogP contribution in [0.25, 0.3) is 5.65 Å². The van der Waals surface area contributed by atoms with E-state index in [9.17, 15) is 0 Å². The Balaban J connectivity index is 1.72. The van der Waals surface area contributed by atoms with Crippen molar-refractivity contribution in [2.45, 2.75) is 27.0 Å². The van der Waals surface area contributed by atoms with Crippen LogP contribution in [0, 0.1) is 25.2 Å². The molecule has 4 rings (SSSR count). The number of aromatic nitrogens is 2. The number of imidazole rings is 1. The van der Waals surface area contributed by atoms with Crippen molar-refractivity contribution in [1.29, 1.82) is 5.26 Å². The fraction of sp³-hybridized carbons (Fsp3) is 0.167. The number of hydrogen-bond acceptors (Lipinski definition) is 2. The number of fused-ring (bicyclic) bond motifs is 1. The van der Waals surface area contributed by atoms with Gasteiger partial charge in [-0.15, -0.1) is 0 Å². The fourth-order valence-corrected chi connectivity index (χ4v) is 3.45. The van der Waals surface area contributed by atoms with Gasteiger partial charge in [0.2, 0.25) is 5.75 Å². The molecule has 0 saturated carbocycles. The van der Waals surface area contributed by atoms with Gasteiger partial charge in [0.05, 0.1) is 17.8 Å². The Morgan fingerprint density at radius 3 is 2.39 bits per heavy atom. The van der Waals surface area contributed by atoms with E-state index in [1.165, 1.54) is 11.4 Å². The van der Waals surface area contributed by atoms with E-state index in [4.69, 9.17) is 10.00 Å². The van der Waals surface area contributed by atoms with Crippen LogP contribution < -0.4 is 9.14 Å². The fourth-order valence-electron chi connectivity index (χ4n) is 3.45. The molecule has 2 aromatic heterocycles. The maximum absolute atomic E-state index is 9.02. The third-order valence-corrected chi connectivity index (χ3v) is 5.14. The molecule has 0 aliphatic rings. The number of nitriles is 1. The third-order valence-electron chi connectivity index (χ3n) is 5.14. The highest BCUT2D eigenvalue weighted by molar-refractivity contribution is 5.51. The number of nitrogens with zero attached hydrogens (tertiary/aromatic N) is 3. The zero-order chi connectivity index (χ0) is 19.5. The predicted molar refractivity (Wildman–Crippen MR) is 108 cm³/mol. The van der Waals surface area contributed by atoms with Crippen LogP contribution in [0.4, 0.5) is 0 Å². The summed E-state index contributed by atoms with van der Waals surface area (Å²) in [6, 6.07) is 24.2. The quantitative estimate of drug-likeness (QED) is 0.492. The first-order chi connectivity index (χ1) is 13.7. The predicted octanol–water partition coefficient (Wildman–Crippen LogP) is 4.34. The van der Waals surface area contributed by atoms with Crippen LogP contribution in [0.2, 0.25) is 0 Å². The highest BCUT2D eigenvalue weighted by Crippen LogP contribution is 2.23. The second-order valence-electron chi connectivity index (χ2n) is 6.91. The second-order valence-corrected chi connectivity index (χ2v) is 6.91. The van der Waals surface area contributed by atoms with Gasteiger partial charge in [0.1, 0.15) is 24.5 Å². The lowest BCUT2D eigenvalue weighted by Gasteiger charge is -2.07. The molecule has 0 fully saturated rings. The summed E-state index contributed by atoms with van der Waals surface area (Å²) >= 11 is 0. The molecule has 2 heterocycles. The maximum atomic E-state index is 9.02. The molecule has 4 heteroatoms. The van der Waals surface area contributed by atoms with E-state index in [2.05, 4.69) is 47.2 Å². The van der Waals surface area contributed by atoms with Crippen molar-refractivity contribution >= 4 is 5.65 Å². The zero-order valence-electron chi connectivity index (χ0n) is 16.1. The molecule has 0 saturated heterocycles. The lowest BCUT2D eigenvalue weighted by atomic mass is 10.1. The van der Waals surface area contributed by atoms with Crippen molar-refractivity contribution < 1.29 is 9.14 Å². The summed E-state index contributed by atoms with van der Waals surface area (Å²) in [5, 5.41) is 9.02. The lowest BCUT2D eigenvalue weighted by molar-refractivity contribution is -0.519. The molecule has 0 unspecified atom stereocenters. The Morgan fingerprint density at radius 2 is 1.68 bits per heavy atom. The van der Waals surface area contributed by atoms with Gasteiger partial charge in [0.15, 0.2) is 0 Å². The van der Waals surface area contributed by atoms with Gasteiger partial charge < -0.3 is 4.74 Å². The molecule has 0 aliphatic heterocycles. The highest BCUT2D eigenvalue weighted by atomic mass is 16.5. The van der Waals surface area contributed by atoms with Crippen LogP contribution in [0.15, 0.2) is 72.9 Å². The molecule has 0 bridgehead atoms. The molecular formula is C24H22N3O+. The van der Waals surface area contributed by atoms with E-state index in [1.54, 1.807) is 0 Å². The van der Waals surface area contributed by atoms with E-state index < -0.39 is 0 Å². The molecular weight excluding hydrogens is 346 g/mol. The van der Waals surface area contributed by atoms with Gasteiger partial charge in [-0.3, -0.25) is 0 Å². The summed E-state index contributed by atoms with van der Waals surface area (Å²) < 4.78 is 10.7. The summed E-state index contributed by atoms with van der Waals surface area (Å²) in [6.07, 6.45) is 2.07. The van der Waals surface area contributed by atoms with E-state index in [0.29, 0.717) is 12.2 Å². The zero-order valence-corrected chi connectivity index (χ0v) is 16.1. The number of hydrogen-bond donors (Lipinski definition) is 0. The molecule has 138 valence electrons. The van der Waals surface area contributed by atoms with E-state index in [0.717, 1.165) is 29.1 Å². The topological polar surface area (TPSA) is 42.0 Å². The van der Waals surface area contributed by atoms with Crippen molar-refractivity contribution in [3.05, 3.63) is 101 Å². The molecule has 0 aliphatic carbocycles. The van der Waals surface area contributed by atoms with Crippen LogP contribution in [0.5, 0.6) is 5.75 Å². The van der Waals surface area contributed by atoms with Gasteiger partial charge in [0, 0.05) is 13.8 Å². The normalized spacial score (nSPS) is 10.8. The monoisotopic (exact) mass is 368 g/mol. The summed E-state index contributed by atoms with van der Waals surface area (Å²) in [5.41, 5.74) is 6.39. The maximum Gasteiger partial charge on any atom is 0.329 e. The first-order valence-corrected chi connectivity index (χ1v) is 9.33. The van der Waals surface area contributed by atoms with Crippen molar-refractivity contribution in [3.8, 4) is 11.8 Å². The first-order valence-electron chi connectivity index (χ1n) is 9.33. The summed E-state index contributed by atoms with van der Waals surface area (Å²) in [4.78, 5) is 0. The molecule has 0 amide bonds. The van der Waals surface area contributed by atoms with Crippen LogP contribution >= 0.6 is 0 Å². The van der Waals surface area contributed by atoms with Gasteiger partial charge in [-0.1, -0.05) is 42.5 Å². The second kappa shape index (κ2) is 7.58. The van der Waals surface area contributed by atoms with E-state index >= 15 is 0 Å². The number of ether oxygens (including phenoxy) is 1. The Bertz CT molecular complexity index is 1150. The minimum Gasteiger partial charge on any atom is -0.481 e. The van der Waals surface area contributed by atoms with Gasteiger partial charge in [-0.2, -0.15) is 9.66 Å². The average molecular weight is 368 g/mol. The Hall–Kier alpha value is -3.58. The lowest BCUT2D eigenvalue weighted by Crippen LogP contribution is -2.23.